The van der Waals surface area contributed by atoms with E-state index in [1.807, 2.05) is 12.1 Å². The summed E-state index contributed by atoms with van der Waals surface area (Å²) in [5.41, 5.74) is 1.57. The SMILES string of the molecule is O=C(NCc1cccnc1N1CCOCC1)Nc1cc2c(cc1Br)OCCO2. The molecule has 0 bridgehead atoms. The zero-order chi connectivity index (χ0) is 19.3. The van der Waals surface area contributed by atoms with Gasteiger partial charge in [0, 0.05) is 48.0 Å². The highest BCUT2D eigenvalue weighted by molar-refractivity contribution is 9.10. The Balaban J connectivity index is 1.40. The first-order valence-corrected chi connectivity index (χ1v) is 9.90. The topological polar surface area (TPSA) is 85.0 Å². The summed E-state index contributed by atoms with van der Waals surface area (Å²) in [5, 5.41) is 5.74. The van der Waals surface area contributed by atoms with Gasteiger partial charge in [-0.2, -0.15) is 0 Å². The molecule has 1 aromatic heterocycles. The van der Waals surface area contributed by atoms with Gasteiger partial charge in [-0.05, 0) is 22.0 Å². The molecule has 0 spiro atoms. The maximum atomic E-state index is 12.4. The quantitative estimate of drug-likeness (QED) is 0.747. The van der Waals surface area contributed by atoms with E-state index in [0.717, 1.165) is 28.9 Å². The van der Waals surface area contributed by atoms with Crippen molar-refractivity contribution in [3.8, 4) is 11.5 Å². The number of morpholine rings is 1. The number of urea groups is 1. The Morgan fingerprint density at radius 3 is 2.68 bits per heavy atom. The summed E-state index contributed by atoms with van der Waals surface area (Å²) in [4.78, 5) is 19.1. The molecule has 2 aliphatic heterocycles. The molecule has 1 saturated heterocycles. The van der Waals surface area contributed by atoms with Gasteiger partial charge in [-0.3, -0.25) is 0 Å². The van der Waals surface area contributed by atoms with Crippen LogP contribution in [0.25, 0.3) is 0 Å². The second-order valence-electron chi connectivity index (χ2n) is 6.37. The number of carbonyl (C=O) groups is 1. The molecular formula is C19H21BrN4O4. The van der Waals surface area contributed by atoms with Crippen molar-refractivity contribution in [2.24, 2.45) is 0 Å². The minimum absolute atomic E-state index is 0.311. The third kappa shape index (κ3) is 4.31. The molecule has 148 valence electrons. The Bertz CT molecular complexity index is 858. The lowest BCUT2D eigenvalue weighted by Crippen LogP contribution is -2.38. The average Bonchev–Trinajstić information content (AvgIpc) is 2.74. The Kier molecular flexibility index (Phi) is 5.82. The van der Waals surface area contributed by atoms with E-state index in [4.69, 9.17) is 14.2 Å². The van der Waals surface area contributed by atoms with Crippen LogP contribution in [0.4, 0.5) is 16.3 Å². The predicted octanol–water partition coefficient (Wildman–Crippen LogP) is 2.77. The monoisotopic (exact) mass is 448 g/mol. The zero-order valence-corrected chi connectivity index (χ0v) is 16.8. The summed E-state index contributed by atoms with van der Waals surface area (Å²) in [6.45, 7) is 4.33. The van der Waals surface area contributed by atoms with Gasteiger partial charge in [0.1, 0.15) is 19.0 Å². The number of rotatable bonds is 4. The lowest BCUT2D eigenvalue weighted by molar-refractivity contribution is 0.122. The van der Waals surface area contributed by atoms with Gasteiger partial charge < -0.3 is 29.7 Å². The van der Waals surface area contributed by atoms with Crippen molar-refractivity contribution < 1.29 is 19.0 Å². The number of carbonyl (C=O) groups excluding carboxylic acids is 1. The van der Waals surface area contributed by atoms with Crippen molar-refractivity contribution in [2.75, 3.05) is 49.7 Å². The molecule has 9 heteroatoms. The number of amides is 2. The fraction of sp³-hybridized carbons (Fsp3) is 0.368. The van der Waals surface area contributed by atoms with E-state index in [-0.39, 0.29) is 6.03 Å². The highest BCUT2D eigenvalue weighted by Gasteiger charge is 2.18. The molecule has 0 aliphatic carbocycles. The van der Waals surface area contributed by atoms with Crippen LogP contribution in [0.3, 0.4) is 0 Å². The maximum Gasteiger partial charge on any atom is 0.319 e. The molecule has 4 rings (SSSR count). The number of halogens is 1. The summed E-state index contributed by atoms with van der Waals surface area (Å²) >= 11 is 3.46. The van der Waals surface area contributed by atoms with Crippen LogP contribution in [0.15, 0.2) is 34.9 Å². The summed E-state index contributed by atoms with van der Waals surface area (Å²) in [6.07, 6.45) is 1.76. The Hall–Kier alpha value is -2.52. The van der Waals surface area contributed by atoms with Gasteiger partial charge in [0.2, 0.25) is 0 Å². The van der Waals surface area contributed by atoms with E-state index in [1.165, 1.54) is 0 Å². The van der Waals surface area contributed by atoms with Crippen LogP contribution in [-0.4, -0.2) is 50.5 Å². The summed E-state index contributed by atoms with van der Waals surface area (Å²) in [7, 11) is 0. The first kappa shape index (κ1) is 18.8. The van der Waals surface area contributed by atoms with Gasteiger partial charge in [0.25, 0.3) is 0 Å². The molecule has 1 fully saturated rings. The third-order valence-electron chi connectivity index (χ3n) is 4.50. The molecule has 28 heavy (non-hydrogen) atoms. The van der Waals surface area contributed by atoms with Gasteiger partial charge in [0.05, 0.1) is 18.9 Å². The van der Waals surface area contributed by atoms with E-state index in [2.05, 4.69) is 36.4 Å². The number of nitrogens with zero attached hydrogens (tertiary/aromatic N) is 2. The number of anilines is 2. The molecule has 3 heterocycles. The molecule has 0 unspecified atom stereocenters. The smallest absolute Gasteiger partial charge is 0.319 e. The second kappa shape index (κ2) is 8.66. The van der Waals surface area contributed by atoms with Crippen molar-refractivity contribution in [3.63, 3.8) is 0 Å². The van der Waals surface area contributed by atoms with Crippen molar-refractivity contribution in [1.29, 1.82) is 0 Å². The van der Waals surface area contributed by atoms with Crippen LogP contribution in [0.5, 0.6) is 11.5 Å². The minimum Gasteiger partial charge on any atom is -0.486 e. The average molecular weight is 449 g/mol. The highest BCUT2D eigenvalue weighted by atomic mass is 79.9. The van der Waals surface area contributed by atoms with Gasteiger partial charge in [-0.1, -0.05) is 6.07 Å². The zero-order valence-electron chi connectivity index (χ0n) is 15.2. The van der Waals surface area contributed by atoms with E-state index in [9.17, 15) is 4.79 Å². The number of pyridine rings is 1. The molecule has 1 aromatic carbocycles. The number of ether oxygens (including phenoxy) is 3. The summed E-state index contributed by atoms with van der Waals surface area (Å²) in [5.74, 6) is 2.16. The number of benzene rings is 1. The third-order valence-corrected chi connectivity index (χ3v) is 5.15. The van der Waals surface area contributed by atoms with Crippen molar-refractivity contribution in [3.05, 3.63) is 40.5 Å². The Morgan fingerprint density at radius 2 is 1.89 bits per heavy atom. The Labute approximate surface area is 171 Å². The van der Waals surface area contributed by atoms with E-state index < -0.39 is 0 Å². The summed E-state index contributed by atoms with van der Waals surface area (Å²) < 4.78 is 17.2. The minimum atomic E-state index is -0.311. The van der Waals surface area contributed by atoms with Crippen LogP contribution in [-0.2, 0) is 11.3 Å². The Morgan fingerprint density at radius 1 is 1.14 bits per heavy atom. The van der Waals surface area contributed by atoms with Crippen LogP contribution in [0.1, 0.15) is 5.56 Å². The van der Waals surface area contributed by atoms with Crippen LogP contribution < -0.4 is 25.0 Å². The molecular weight excluding hydrogens is 428 g/mol. The predicted molar refractivity (Wildman–Crippen MR) is 108 cm³/mol. The van der Waals surface area contributed by atoms with E-state index >= 15 is 0 Å². The fourth-order valence-electron chi connectivity index (χ4n) is 3.13. The number of hydrogen-bond donors (Lipinski definition) is 2. The molecule has 8 nitrogen and oxygen atoms in total. The van der Waals surface area contributed by atoms with Gasteiger partial charge in [0.15, 0.2) is 11.5 Å². The largest absolute Gasteiger partial charge is 0.486 e. The fourth-order valence-corrected chi connectivity index (χ4v) is 3.55. The molecule has 2 amide bonds. The van der Waals surface area contributed by atoms with Crippen LogP contribution in [0.2, 0.25) is 0 Å². The lowest BCUT2D eigenvalue weighted by atomic mass is 10.2. The van der Waals surface area contributed by atoms with Gasteiger partial charge >= 0.3 is 6.03 Å². The highest BCUT2D eigenvalue weighted by Crippen LogP contribution is 2.38. The van der Waals surface area contributed by atoms with E-state index in [1.54, 1.807) is 18.3 Å². The standard InChI is InChI=1S/C19H21BrN4O4/c20-14-10-16-17(28-9-8-27-16)11-15(14)23-19(25)22-12-13-2-1-3-21-18(13)24-4-6-26-7-5-24/h1-3,10-11H,4-9,12H2,(H2,22,23,25). The van der Waals surface area contributed by atoms with Crippen LogP contribution in [0, 0.1) is 0 Å². The number of hydrogen-bond acceptors (Lipinski definition) is 6. The number of fused-ring (bicyclic) bond motifs is 1. The molecule has 2 N–H and O–H groups in total. The normalized spacial score (nSPS) is 15.8. The molecule has 2 aromatic rings. The molecule has 2 aliphatic rings. The molecule has 0 radical (unpaired) electrons. The molecule has 0 saturated carbocycles. The number of aromatic nitrogens is 1. The van der Waals surface area contributed by atoms with E-state index in [0.29, 0.717) is 50.2 Å². The second-order valence-corrected chi connectivity index (χ2v) is 7.22. The lowest BCUT2D eigenvalue weighted by Gasteiger charge is -2.29. The maximum absolute atomic E-state index is 12.4. The first-order valence-electron chi connectivity index (χ1n) is 9.11. The number of nitrogens with one attached hydrogen (secondary N) is 2. The van der Waals surface area contributed by atoms with Crippen LogP contribution >= 0.6 is 15.9 Å². The van der Waals surface area contributed by atoms with Crippen molar-refractivity contribution >= 4 is 33.5 Å². The first-order chi connectivity index (χ1) is 13.7. The molecule has 0 atom stereocenters. The van der Waals surface area contributed by atoms with Gasteiger partial charge in [-0.25, -0.2) is 9.78 Å². The van der Waals surface area contributed by atoms with Crippen molar-refractivity contribution in [2.45, 2.75) is 6.54 Å². The summed E-state index contributed by atoms with van der Waals surface area (Å²) in [6, 6.07) is 7.08. The van der Waals surface area contributed by atoms with Crippen molar-refractivity contribution in [1.82, 2.24) is 10.3 Å². The van der Waals surface area contributed by atoms with Gasteiger partial charge in [-0.15, -0.1) is 0 Å².